The standard InChI is InChI=1S/C20H24N2O4/c1-3-19(11-9-18(24)26-2)10-6-12-22-17(23)13-15(20(19,22)25)14-7-4-5-8-16(14)21/h3-5,7-8,13,25H,1,6,9-12,21H2,2H3/t19-,20-/m1/s1. The highest BCUT2D eigenvalue weighted by molar-refractivity contribution is 6.05. The molecule has 0 bridgehead atoms. The Morgan fingerprint density at radius 2 is 2.19 bits per heavy atom. The molecule has 1 aromatic carbocycles. The van der Waals surface area contributed by atoms with E-state index >= 15 is 0 Å². The summed E-state index contributed by atoms with van der Waals surface area (Å²) in [7, 11) is 1.33. The Morgan fingerprint density at radius 3 is 2.85 bits per heavy atom. The molecule has 0 aliphatic carbocycles. The van der Waals surface area contributed by atoms with Gasteiger partial charge in [0.15, 0.2) is 5.72 Å². The SMILES string of the molecule is C=C[C@]1(CCC(=O)OC)CCCN2C(=O)C=C(c3ccccc3N)[C@]21O. The lowest BCUT2D eigenvalue weighted by atomic mass is 9.64. The zero-order valence-electron chi connectivity index (χ0n) is 14.9. The van der Waals surface area contributed by atoms with Gasteiger partial charge in [-0.3, -0.25) is 9.59 Å². The maximum absolute atomic E-state index is 12.6. The van der Waals surface area contributed by atoms with Crippen molar-refractivity contribution in [2.75, 3.05) is 19.4 Å². The molecule has 0 unspecified atom stereocenters. The number of nitrogens with two attached hydrogens (primary N) is 1. The van der Waals surface area contributed by atoms with E-state index in [-0.39, 0.29) is 18.3 Å². The topological polar surface area (TPSA) is 92.9 Å². The highest BCUT2D eigenvalue weighted by Crippen LogP contribution is 2.56. The first-order valence-electron chi connectivity index (χ1n) is 8.71. The van der Waals surface area contributed by atoms with E-state index in [1.807, 2.05) is 6.07 Å². The van der Waals surface area contributed by atoms with Crippen LogP contribution < -0.4 is 5.73 Å². The van der Waals surface area contributed by atoms with Gasteiger partial charge in [-0.15, -0.1) is 6.58 Å². The van der Waals surface area contributed by atoms with Crippen LogP contribution in [0.15, 0.2) is 43.0 Å². The third-order valence-electron chi connectivity index (χ3n) is 5.64. The number of nitrogens with zero attached hydrogens (tertiary/aromatic N) is 1. The summed E-state index contributed by atoms with van der Waals surface area (Å²) in [5.41, 5.74) is 5.24. The van der Waals surface area contributed by atoms with Gasteiger partial charge in [-0.2, -0.15) is 0 Å². The number of piperidine rings is 1. The van der Waals surface area contributed by atoms with Gasteiger partial charge in [-0.05, 0) is 25.3 Å². The fourth-order valence-corrected chi connectivity index (χ4v) is 4.22. The molecule has 2 heterocycles. The van der Waals surface area contributed by atoms with Gasteiger partial charge in [0.2, 0.25) is 5.91 Å². The van der Waals surface area contributed by atoms with Gasteiger partial charge in [0.05, 0.1) is 7.11 Å². The van der Waals surface area contributed by atoms with Crippen LogP contribution in [0.1, 0.15) is 31.2 Å². The van der Waals surface area contributed by atoms with Gasteiger partial charge in [0.1, 0.15) is 0 Å². The van der Waals surface area contributed by atoms with Crippen molar-refractivity contribution in [1.29, 1.82) is 0 Å². The normalized spacial score (nSPS) is 27.7. The van der Waals surface area contributed by atoms with E-state index < -0.39 is 11.1 Å². The van der Waals surface area contributed by atoms with Crippen molar-refractivity contribution in [3.8, 4) is 0 Å². The van der Waals surface area contributed by atoms with E-state index in [2.05, 4.69) is 6.58 Å². The van der Waals surface area contributed by atoms with Gasteiger partial charge in [0.25, 0.3) is 0 Å². The average Bonchev–Trinajstić information content (AvgIpc) is 2.91. The Bertz CT molecular complexity index is 788. The molecular formula is C20H24N2O4. The minimum Gasteiger partial charge on any atom is -0.469 e. The highest BCUT2D eigenvalue weighted by atomic mass is 16.5. The van der Waals surface area contributed by atoms with E-state index in [9.17, 15) is 14.7 Å². The lowest BCUT2D eigenvalue weighted by molar-refractivity contribution is -0.171. The molecule has 2 aliphatic heterocycles. The Morgan fingerprint density at radius 1 is 1.46 bits per heavy atom. The number of anilines is 1. The smallest absolute Gasteiger partial charge is 0.305 e. The molecule has 26 heavy (non-hydrogen) atoms. The number of esters is 1. The van der Waals surface area contributed by atoms with Crippen LogP contribution in [0, 0.1) is 5.41 Å². The molecular weight excluding hydrogens is 332 g/mol. The van der Waals surface area contributed by atoms with Crippen LogP contribution in [0.3, 0.4) is 0 Å². The second-order valence-corrected chi connectivity index (χ2v) is 6.85. The largest absolute Gasteiger partial charge is 0.469 e. The zero-order chi connectivity index (χ0) is 18.9. The van der Waals surface area contributed by atoms with E-state index in [0.29, 0.717) is 42.6 Å². The lowest BCUT2D eigenvalue weighted by Gasteiger charge is -2.53. The Hall–Kier alpha value is -2.60. The quantitative estimate of drug-likeness (QED) is 0.479. The predicted molar refractivity (Wildman–Crippen MR) is 98.6 cm³/mol. The molecule has 1 amide bonds. The molecule has 2 atom stereocenters. The van der Waals surface area contributed by atoms with Crippen LogP contribution in [0.5, 0.6) is 0 Å². The van der Waals surface area contributed by atoms with Crippen LogP contribution in [0.2, 0.25) is 0 Å². The Balaban J connectivity index is 2.11. The van der Waals surface area contributed by atoms with Gasteiger partial charge in [-0.25, -0.2) is 0 Å². The molecule has 3 rings (SSSR count). The number of amides is 1. The zero-order valence-corrected chi connectivity index (χ0v) is 14.9. The molecule has 1 fully saturated rings. The number of hydrogen-bond donors (Lipinski definition) is 2. The minimum absolute atomic E-state index is 0.129. The fourth-order valence-electron chi connectivity index (χ4n) is 4.22. The number of hydrogen-bond acceptors (Lipinski definition) is 5. The third kappa shape index (κ3) is 2.52. The fraction of sp³-hybridized carbons (Fsp3) is 0.400. The summed E-state index contributed by atoms with van der Waals surface area (Å²) in [4.78, 5) is 25.8. The number of rotatable bonds is 5. The van der Waals surface area contributed by atoms with Crippen LogP contribution in [-0.2, 0) is 14.3 Å². The summed E-state index contributed by atoms with van der Waals surface area (Å²) in [5.74, 6) is -0.615. The van der Waals surface area contributed by atoms with Gasteiger partial charge < -0.3 is 20.5 Å². The summed E-state index contributed by atoms with van der Waals surface area (Å²) in [6.45, 7) is 4.37. The number of para-hydroxylation sites is 1. The maximum atomic E-state index is 12.6. The summed E-state index contributed by atoms with van der Waals surface area (Å²) < 4.78 is 4.76. The number of methoxy groups -OCH3 is 1. The number of ether oxygens (including phenoxy) is 1. The van der Waals surface area contributed by atoms with Crippen LogP contribution in [-0.4, -0.2) is 41.3 Å². The summed E-state index contributed by atoms with van der Waals surface area (Å²) in [6, 6.07) is 7.14. The van der Waals surface area contributed by atoms with Crippen molar-refractivity contribution in [3.63, 3.8) is 0 Å². The maximum Gasteiger partial charge on any atom is 0.305 e. The molecule has 0 saturated carbocycles. The lowest BCUT2D eigenvalue weighted by Crippen LogP contribution is -2.62. The number of nitrogen functional groups attached to an aromatic ring is 1. The van der Waals surface area contributed by atoms with Crippen molar-refractivity contribution >= 4 is 23.1 Å². The van der Waals surface area contributed by atoms with E-state index in [4.69, 9.17) is 10.5 Å². The van der Waals surface area contributed by atoms with Crippen molar-refractivity contribution in [2.24, 2.45) is 5.41 Å². The summed E-state index contributed by atoms with van der Waals surface area (Å²) >= 11 is 0. The minimum atomic E-state index is -1.59. The number of benzene rings is 1. The van der Waals surface area contributed by atoms with Crippen LogP contribution >= 0.6 is 0 Å². The number of carbonyl (C=O) groups excluding carboxylic acids is 2. The van der Waals surface area contributed by atoms with Gasteiger partial charge in [-0.1, -0.05) is 24.3 Å². The number of aliphatic hydroxyl groups is 1. The third-order valence-corrected chi connectivity index (χ3v) is 5.64. The molecule has 138 valence electrons. The molecule has 6 heteroatoms. The van der Waals surface area contributed by atoms with Crippen molar-refractivity contribution in [2.45, 2.75) is 31.4 Å². The average molecular weight is 356 g/mol. The first kappa shape index (κ1) is 18.2. The molecule has 1 saturated heterocycles. The van der Waals surface area contributed by atoms with E-state index in [1.165, 1.54) is 18.1 Å². The van der Waals surface area contributed by atoms with Crippen molar-refractivity contribution in [3.05, 3.63) is 48.6 Å². The summed E-state index contributed by atoms with van der Waals surface area (Å²) in [5, 5.41) is 11.9. The predicted octanol–water partition coefficient (Wildman–Crippen LogP) is 2.10. The number of fused-ring (bicyclic) bond motifs is 1. The second kappa shape index (κ2) is 6.61. The van der Waals surface area contributed by atoms with Gasteiger partial charge in [0, 0.05) is 41.3 Å². The number of carbonyl (C=O) groups is 2. The molecule has 2 aliphatic rings. The Labute approximate surface area is 152 Å². The Kier molecular flexibility index (Phi) is 4.63. The molecule has 0 aromatic heterocycles. The first-order valence-corrected chi connectivity index (χ1v) is 8.71. The van der Waals surface area contributed by atoms with Crippen LogP contribution in [0.25, 0.3) is 5.57 Å². The highest BCUT2D eigenvalue weighted by Gasteiger charge is 2.60. The molecule has 1 aromatic rings. The summed E-state index contributed by atoms with van der Waals surface area (Å²) in [6.07, 6.45) is 4.91. The van der Waals surface area contributed by atoms with Gasteiger partial charge >= 0.3 is 5.97 Å². The van der Waals surface area contributed by atoms with E-state index in [1.54, 1.807) is 24.3 Å². The molecule has 0 radical (unpaired) electrons. The second-order valence-electron chi connectivity index (χ2n) is 6.85. The molecule has 3 N–H and O–H groups in total. The first-order chi connectivity index (χ1) is 12.4. The monoisotopic (exact) mass is 356 g/mol. The molecule has 6 nitrogen and oxygen atoms in total. The van der Waals surface area contributed by atoms with Crippen LogP contribution in [0.4, 0.5) is 5.69 Å². The van der Waals surface area contributed by atoms with Crippen molar-refractivity contribution in [1.82, 2.24) is 4.90 Å². The van der Waals surface area contributed by atoms with Crippen molar-refractivity contribution < 1.29 is 19.4 Å². The molecule has 0 spiro atoms. The van der Waals surface area contributed by atoms with E-state index in [0.717, 1.165) is 0 Å².